The van der Waals surface area contributed by atoms with Gasteiger partial charge in [-0.2, -0.15) is 0 Å². The Morgan fingerprint density at radius 1 is 0.529 bits per heavy atom. The molecule has 4 unspecified atom stereocenters. The van der Waals surface area contributed by atoms with Crippen molar-refractivity contribution in [3.8, 4) is 0 Å². The van der Waals surface area contributed by atoms with Gasteiger partial charge in [0.2, 0.25) is 13.5 Å². The first-order chi connectivity index (χ1) is 32.4. The number of hydrogen-bond donors (Lipinski definition) is 1. The van der Waals surface area contributed by atoms with Crippen molar-refractivity contribution >= 4 is 72.4 Å². The number of quaternary nitrogens is 2. The fraction of sp³-hybridized carbons (Fsp3) is 0.536. The second-order valence-corrected chi connectivity index (χ2v) is 20.4. The van der Waals surface area contributed by atoms with Crippen LogP contribution < -0.4 is 5.73 Å². The van der Waals surface area contributed by atoms with E-state index in [1.807, 2.05) is 98.8 Å². The van der Waals surface area contributed by atoms with E-state index < -0.39 is 0 Å². The highest BCUT2D eigenvalue weighted by molar-refractivity contribution is 6.30. The summed E-state index contributed by atoms with van der Waals surface area (Å²) in [6.07, 6.45) is 8.65. The summed E-state index contributed by atoms with van der Waals surface area (Å²) < 4.78 is 26.3. The van der Waals surface area contributed by atoms with Gasteiger partial charge in [-0.3, -0.25) is 18.6 Å². The maximum absolute atomic E-state index is 12.9. The zero-order chi connectivity index (χ0) is 48.1. The molecule has 2 heterocycles. The highest BCUT2D eigenvalue weighted by atomic mass is 35.5. The molecule has 0 bridgehead atoms. The summed E-state index contributed by atoms with van der Waals surface area (Å²) in [7, 11) is 0. The molecule has 2 N–H and O–H groups in total. The lowest BCUT2D eigenvalue weighted by Gasteiger charge is -2.41. The standard InChI is InChI=1S/C29H41ClNO3.C27H38ClN2O3.3ClH/c1-4-11-27(23(2)3)29(32)34-22-31(18-9-6-10-19-31)20-21-33-28(24-12-7-5-8-13-24)25-14-16-26(30)17-15-25;1-21(2)25(19-29)27(31)33-20-30(15-7-4-8-16-30)17-18-32-26(22-9-5-3-6-10-22)23-11-13-24(28)14-12-23;;;/h5,7-8,12-17,23,27-28H,4,6,9-11,18-22H2,1-3H3;3,5-6,9-14,21,25-26H,4,7-8,15-20,29H2,1-2H3;3*1H/q2*+1;;;. The van der Waals surface area contributed by atoms with Crippen LogP contribution in [-0.2, 0) is 28.5 Å². The van der Waals surface area contributed by atoms with Crippen molar-refractivity contribution in [2.45, 2.75) is 98.2 Å². The number of piperidine rings is 2. The fourth-order valence-electron chi connectivity index (χ4n) is 9.52. The number of nitrogens with zero attached hydrogens (tertiary/aromatic N) is 2. The molecule has 14 heteroatoms. The van der Waals surface area contributed by atoms with Crippen LogP contribution >= 0.6 is 60.4 Å². The average Bonchev–Trinajstić information content (AvgIpc) is 3.34. The van der Waals surface area contributed by atoms with Gasteiger partial charge in [-0.15, -0.1) is 37.2 Å². The number of likely N-dealkylation sites (tertiary alicyclic amines) is 2. The molecule has 0 spiro atoms. The fourth-order valence-corrected chi connectivity index (χ4v) is 9.77. The third-order valence-corrected chi connectivity index (χ3v) is 14.3. The van der Waals surface area contributed by atoms with Gasteiger partial charge in [0.25, 0.3) is 0 Å². The lowest BCUT2D eigenvalue weighted by Crippen LogP contribution is -2.55. The van der Waals surface area contributed by atoms with Crippen molar-refractivity contribution in [2.24, 2.45) is 29.4 Å². The van der Waals surface area contributed by atoms with Crippen LogP contribution in [0.4, 0.5) is 0 Å². The van der Waals surface area contributed by atoms with Gasteiger partial charge in [-0.1, -0.05) is 149 Å². The molecule has 4 aromatic carbocycles. The molecule has 2 aliphatic heterocycles. The Bertz CT molecular complexity index is 2020. The number of carbonyl (C=O) groups excluding carboxylic acids is 2. The normalized spacial score (nSPS) is 16.7. The first-order valence-electron chi connectivity index (χ1n) is 25.0. The van der Waals surface area contributed by atoms with Gasteiger partial charge in [-0.05, 0) is 103 Å². The SMILES string of the molecule is CC(C)C(CN)C(=O)OC[N+]1(CCOC(c2ccccc2)c2ccc(Cl)cc2)CCCCC1.CCCC(C(=O)OC[N+]1(CCOC(c2ccccc2)c2ccc(Cl)cc2)CCCCC1)C(C)C.Cl.Cl.Cl. The van der Waals surface area contributed by atoms with Crippen LogP contribution in [0.1, 0.15) is 120 Å². The Balaban J connectivity index is 0.000000461. The third kappa shape index (κ3) is 19.8. The van der Waals surface area contributed by atoms with E-state index in [2.05, 4.69) is 45.0 Å². The highest BCUT2D eigenvalue weighted by Gasteiger charge is 2.35. The molecule has 2 aliphatic rings. The van der Waals surface area contributed by atoms with Crippen LogP contribution in [0.15, 0.2) is 109 Å². The van der Waals surface area contributed by atoms with Gasteiger partial charge in [-0.25, -0.2) is 0 Å². The summed E-state index contributed by atoms with van der Waals surface area (Å²) >= 11 is 12.2. The summed E-state index contributed by atoms with van der Waals surface area (Å²) in [4.78, 5) is 25.5. The summed E-state index contributed by atoms with van der Waals surface area (Å²) in [5, 5.41) is 1.43. The summed E-state index contributed by atoms with van der Waals surface area (Å²) in [5.74, 6) is -0.0101. The second-order valence-electron chi connectivity index (χ2n) is 19.5. The molecule has 9 nitrogen and oxygen atoms in total. The number of halogens is 5. The minimum Gasteiger partial charge on any atom is -0.415 e. The Labute approximate surface area is 448 Å². The highest BCUT2D eigenvalue weighted by Crippen LogP contribution is 2.30. The van der Waals surface area contributed by atoms with Crippen molar-refractivity contribution in [2.75, 3.05) is 72.5 Å². The molecule has 0 aliphatic carbocycles. The largest absolute Gasteiger partial charge is 0.415 e. The quantitative estimate of drug-likeness (QED) is 0.0584. The average molecular weight is 1070 g/mol. The van der Waals surface area contributed by atoms with E-state index in [0.29, 0.717) is 44.2 Å². The smallest absolute Gasteiger partial charge is 0.314 e. The molecule has 70 heavy (non-hydrogen) atoms. The van der Waals surface area contributed by atoms with Crippen LogP contribution in [0.2, 0.25) is 10.0 Å². The number of nitrogens with two attached hydrogens (primary N) is 1. The monoisotopic (exact) mass is 1070 g/mol. The van der Waals surface area contributed by atoms with E-state index in [1.54, 1.807) is 0 Å². The van der Waals surface area contributed by atoms with Crippen LogP contribution in [-0.4, -0.2) is 93.4 Å². The van der Waals surface area contributed by atoms with Gasteiger partial charge in [0, 0.05) is 16.6 Å². The summed E-state index contributed by atoms with van der Waals surface area (Å²) in [5.41, 5.74) is 10.2. The lowest BCUT2D eigenvalue weighted by molar-refractivity contribution is -0.948. The molecule has 390 valence electrons. The van der Waals surface area contributed by atoms with Crippen molar-refractivity contribution in [3.63, 3.8) is 0 Å². The Hall–Kier alpha value is -2.93. The Morgan fingerprint density at radius 3 is 1.20 bits per heavy atom. The third-order valence-electron chi connectivity index (χ3n) is 13.8. The predicted octanol–water partition coefficient (Wildman–Crippen LogP) is 13.5. The van der Waals surface area contributed by atoms with Crippen molar-refractivity contribution in [1.29, 1.82) is 0 Å². The predicted molar refractivity (Wildman–Crippen MR) is 293 cm³/mol. The number of benzene rings is 4. The Morgan fingerprint density at radius 2 is 0.871 bits per heavy atom. The number of ether oxygens (including phenoxy) is 4. The van der Waals surface area contributed by atoms with Crippen molar-refractivity contribution in [3.05, 3.63) is 141 Å². The van der Waals surface area contributed by atoms with Crippen LogP contribution in [0.25, 0.3) is 0 Å². The second kappa shape index (κ2) is 33.0. The molecule has 0 aromatic heterocycles. The van der Waals surface area contributed by atoms with E-state index in [4.69, 9.17) is 47.9 Å². The van der Waals surface area contributed by atoms with Crippen molar-refractivity contribution < 1.29 is 37.5 Å². The molecule has 0 saturated carbocycles. The number of rotatable bonds is 23. The van der Waals surface area contributed by atoms with E-state index in [1.165, 1.54) is 25.7 Å². The first-order valence-corrected chi connectivity index (χ1v) is 25.7. The van der Waals surface area contributed by atoms with Gasteiger partial charge in [0.1, 0.15) is 25.3 Å². The molecule has 0 radical (unpaired) electrons. The molecular weight excluding hydrogens is 988 g/mol. The van der Waals surface area contributed by atoms with Gasteiger partial charge >= 0.3 is 11.9 Å². The van der Waals surface area contributed by atoms with E-state index in [-0.39, 0.29) is 79.1 Å². The number of esters is 2. The minimum atomic E-state index is -0.251. The van der Waals surface area contributed by atoms with E-state index in [0.717, 1.165) is 101 Å². The topological polar surface area (TPSA) is 97.1 Å². The summed E-state index contributed by atoms with van der Waals surface area (Å²) in [6.45, 7) is 18.4. The maximum Gasteiger partial charge on any atom is 0.314 e. The van der Waals surface area contributed by atoms with E-state index in [9.17, 15) is 9.59 Å². The maximum atomic E-state index is 12.9. The first kappa shape index (κ1) is 63.2. The molecule has 2 saturated heterocycles. The summed E-state index contributed by atoms with van der Waals surface area (Å²) in [6, 6.07) is 36.3. The minimum absolute atomic E-state index is 0. The lowest BCUT2D eigenvalue weighted by atomic mass is 9.92. The zero-order valence-electron chi connectivity index (χ0n) is 42.2. The Kier molecular flexibility index (Phi) is 29.8. The molecule has 4 aromatic rings. The molecule has 4 atom stereocenters. The van der Waals surface area contributed by atoms with Gasteiger partial charge in [0.15, 0.2) is 0 Å². The van der Waals surface area contributed by atoms with Gasteiger partial charge < -0.3 is 24.7 Å². The van der Waals surface area contributed by atoms with Crippen LogP contribution in [0.3, 0.4) is 0 Å². The van der Waals surface area contributed by atoms with Gasteiger partial charge in [0.05, 0.1) is 51.2 Å². The molecule has 0 amide bonds. The van der Waals surface area contributed by atoms with Crippen LogP contribution in [0, 0.1) is 23.7 Å². The number of carbonyl (C=O) groups is 2. The zero-order valence-corrected chi connectivity index (χ0v) is 46.2. The number of hydrogen-bond acceptors (Lipinski definition) is 7. The van der Waals surface area contributed by atoms with E-state index >= 15 is 0 Å². The molecule has 6 rings (SSSR count). The van der Waals surface area contributed by atoms with Crippen LogP contribution in [0.5, 0.6) is 0 Å². The molecule has 2 fully saturated rings. The van der Waals surface area contributed by atoms with Crippen molar-refractivity contribution in [1.82, 2.24) is 0 Å². The molecular formula is C56H82Cl5N3O6+2.